The van der Waals surface area contributed by atoms with E-state index in [4.69, 9.17) is 12.2 Å². The maximum atomic E-state index is 10.6. The second-order valence-electron chi connectivity index (χ2n) is 4.37. The first-order valence-electron chi connectivity index (χ1n) is 6.50. The van der Waals surface area contributed by atoms with Crippen LogP contribution in [0.5, 0.6) is 0 Å². The number of nitro benzene ring substituents is 1. The minimum absolute atomic E-state index is 0.0419. The minimum atomic E-state index is -0.441. The Morgan fingerprint density at radius 3 is 2.73 bits per heavy atom. The first-order valence-corrected chi connectivity index (χ1v) is 7.71. The Morgan fingerprint density at radius 1 is 1.45 bits per heavy atom. The third-order valence-corrected chi connectivity index (χ3v) is 3.86. The predicted molar refractivity (Wildman–Crippen MR) is 91.8 cm³/mol. The van der Waals surface area contributed by atoms with Crippen LogP contribution >= 0.6 is 28.1 Å². The molecular weight excluding hydrogens is 370 g/mol. The highest BCUT2D eigenvalue weighted by molar-refractivity contribution is 9.10. The molecule has 0 aliphatic carbocycles. The smallest absolute Gasteiger partial charge is 0.269 e. The van der Waals surface area contributed by atoms with Crippen LogP contribution in [0.3, 0.4) is 0 Å². The number of hydrogen-bond donors (Lipinski definition) is 2. The van der Waals surface area contributed by atoms with Crippen molar-refractivity contribution in [1.82, 2.24) is 15.1 Å². The molecule has 0 aliphatic rings. The summed E-state index contributed by atoms with van der Waals surface area (Å²) in [6.07, 6.45) is 1.74. The molecule has 0 unspecified atom stereocenters. The second-order valence-corrected chi connectivity index (χ2v) is 5.63. The second kappa shape index (κ2) is 7.32. The van der Waals surface area contributed by atoms with Gasteiger partial charge in [0.25, 0.3) is 5.69 Å². The lowest BCUT2D eigenvalue weighted by Crippen LogP contribution is -2.29. The number of anilines is 1. The van der Waals surface area contributed by atoms with Gasteiger partial charge in [0, 0.05) is 24.4 Å². The van der Waals surface area contributed by atoms with Gasteiger partial charge in [-0.2, -0.15) is 5.10 Å². The van der Waals surface area contributed by atoms with E-state index in [0.717, 1.165) is 16.7 Å². The molecule has 2 aromatic rings. The molecule has 116 valence electrons. The quantitative estimate of drug-likeness (QED) is 0.468. The molecule has 0 fully saturated rings. The number of nitrogens with one attached hydrogen (secondary N) is 2. The van der Waals surface area contributed by atoms with Crippen molar-refractivity contribution in [2.24, 2.45) is 0 Å². The summed E-state index contributed by atoms with van der Waals surface area (Å²) in [4.78, 5) is 10.2. The molecule has 22 heavy (non-hydrogen) atoms. The van der Waals surface area contributed by atoms with Gasteiger partial charge in [-0.3, -0.25) is 14.8 Å². The van der Waals surface area contributed by atoms with Gasteiger partial charge in [0.2, 0.25) is 0 Å². The first-order chi connectivity index (χ1) is 10.5. The van der Waals surface area contributed by atoms with E-state index in [-0.39, 0.29) is 5.69 Å². The number of rotatable bonds is 5. The Hall–Kier alpha value is -2.00. The molecule has 2 rings (SSSR count). The Kier molecular flexibility index (Phi) is 5.45. The van der Waals surface area contributed by atoms with Gasteiger partial charge >= 0.3 is 0 Å². The fourth-order valence-electron chi connectivity index (χ4n) is 1.84. The van der Waals surface area contributed by atoms with Gasteiger partial charge in [0.1, 0.15) is 0 Å². The zero-order valence-corrected chi connectivity index (χ0v) is 14.1. The number of thiocarbonyl (C=S) groups is 1. The van der Waals surface area contributed by atoms with Crippen molar-refractivity contribution in [3.63, 3.8) is 0 Å². The summed E-state index contributed by atoms with van der Waals surface area (Å²) in [6, 6.07) is 6.07. The van der Waals surface area contributed by atoms with Crippen LogP contribution in [0.15, 0.2) is 34.9 Å². The molecule has 0 atom stereocenters. The zero-order valence-electron chi connectivity index (χ0n) is 11.7. The van der Waals surface area contributed by atoms with Gasteiger partial charge in [-0.15, -0.1) is 0 Å². The largest absolute Gasteiger partial charge is 0.357 e. The highest BCUT2D eigenvalue weighted by Gasteiger charge is 2.08. The molecule has 9 heteroatoms. The van der Waals surface area contributed by atoms with Crippen molar-refractivity contribution < 1.29 is 4.92 Å². The summed E-state index contributed by atoms with van der Waals surface area (Å²) in [6.45, 7) is 3.30. The standard InChI is InChI=1S/C13H14BrN5O2S/c1-2-18-12(11(14)7-16-18)8-15-13(22)17-9-3-5-10(6-4-9)19(20)21/h3-7H,2,8H2,1H3,(H2,15,17,22). The molecule has 1 aromatic carbocycles. The molecule has 7 nitrogen and oxygen atoms in total. The van der Waals surface area contributed by atoms with Crippen LogP contribution in [0.1, 0.15) is 12.6 Å². The highest BCUT2D eigenvalue weighted by atomic mass is 79.9. The third-order valence-electron chi connectivity index (χ3n) is 2.95. The maximum Gasteiger partial charge on any atom is 0.269 e. The number of non-ortho nitro benzene ring substituents is 1. The van der Waals surface area contributed by atoms with Gasteiger partial charge in [-0.05, 0) is 47.2 Å². The molecule has 1 aromatic heterocycles. The van der Waals surface area contributed by atoms with Crippen molar-refractivity contribution in [2.75, 3.05) is 5.32 Å². The highest BCUT2D eigenvalue weighted by Crippen LogP contribution is 2.17. The lowest BCUT2D eigenvalue weighted by molar-refractivity contribution is -0.384. The number of benzene rings is 1. The van der Waals surface area contributed by atoms with Crippen LogP contribution in [0.4, 0.5) is 11.4 Å². The van der Waals surface area contributed by atoms with E-state index in [0.29, 0.717) is 17.3 Å². The average Bonchev–Trinajstić information content (AvgIpc) is 2.86. The zero-order chi connectivity index (χ0) is 16.1. The molecule has 0 saturated heterocycles. The van der Waals surface area contributed by atoms with Crippen LogP contribution in [-0.2, 0) is 13.1 Å². The van der Waals surface area contributed by atoms with Crippen molar-refractivity contribution >= 4 is 44.6 Å². The van der Waals surface area contributed by atoms with E-state index in [9.17, 15) is 10.1 Å². The number of aryl methyl sites for hydroxylation is 1. The van der Waals surface area contributed by atoms with E-state index in [1.54, 1.807) is 18.3 Å². The van der Waals surface area contributed by atoms with E-state index in [1.807, 2.05) is 11.6 Å². The summed E-state index contributed by atoms with van der Waals surface area (Å²) in [7, 11) is 0. The van der Waals surface area contributed by atoms with Gasteiger partial charge in [-0.1, -0.05) is 0 Å². The van der Waals surface area contributed by atoms with E-state index in [2.05, 4.69) is 31.7 Å². The molecule has 0 bridgehead atoms. The fraction of sp³-hybridized carbons (Fsp3) is 0.231. The summed E-state index contributed by atoms with van der Waals surface area (Å²) in [5.74, 6) is 0. The Balaban J connectivity index is 1.93. The number of nitro groups is 1. The van der Waals surface area contributed by atoms with Gasteiger partial charge < -0.3 is 10.6 Å². The minimum Gasteiger partial charge on any atom is -0.357 e. The van der Waals surface area contributed by atoms with E-state index >= 15 is 0 Å². The molecule has 0 radical (unpaired) electrons. The van der Waals surface area contributed by atoms with Crippen LogP contribution in [0.2, 0.25) is 0 Å². The Bertz CT molecular complexity index is 686. The Morgan fingerprint density at radius 2 is 2.14 bits per heavy atom. The number of halogens is 1. The number of aromatic nitrogens is 2. The first kappa shape index (κ1) is 16.4. The maximum absolute atomic E-state index is 10.6. The molecule has 0 amide bonds. The topological polar surface area (TPSA) is 85.0 Å². The third kappa shape index (κ3) is 4.01. The molecule has 0 saturated carbocycles. The van der Waals surface area contributed by atoms with Crippen LogP contribution in [0.25, 0.3) is 0 Å². The summed E-state index contributed by atoms with van der Waals surface area (Å²) >= 11 is 8.66. The molecule has 2 N–H and O–H groups in total. The lowest BCUT2D eigenvalue weighted by atomic mass is 10.3. The number of hydrogen-bond acceptors (Lipinski definition) is 4. The van der Waals surface area contributed by atoms with Gasteiger partial charge in [0.15, 0.2) is 5.11 Å². The normalized spacial score (nSPS) is 10.3. The molecular formula is C13H14BrN5O2S. The van der Waals surface area contributed by atoms with Crippen LogP contribution in [0, 0.1) is 10.1 Å². The molecule has 0 aliphatic heterocycles. The van der Waals surface area contributed by atoms with Gasteiger partial charge in [-0.25, -0.2) is 0 Å². The average molecular weight is 384 g/mol. The van der Waals surface area contributed by atoms with Gasteiger partial charge in [0.05, 0.1) is 27.8 Å². The molecule has 1 heterocycles. The van der Waals surface area contributed by atoms with E-state index in [1.165, 1.54) is 12.1 Å². The summed E-state index contributed by atoms with van der Waals surface area (Å²) in [5, 5.41) is 21.3. The van der Waals surface area contributed by atoms with Crippen LogP contribution < -0.4 is 10.6 Å². The monoisotopic (exact) mass is 383 g/mol. The van der Waals surface area contributed by atoms with Crippen LogP contribution in [-0.4, -0.2) is 19.8 Å². The predicted octanol–water partition coefficient (Wildman–Crippen LogP) is 3.06. The SMILES string of the molecule is CCn1ncc(Br)c1CNC(=S)Nc1ccc([N+](=O)[O-])cc1. The van der Waals surface area contributed by atoms with Crippen molar-refractivity contribution in [3.8, 4) is 0 Å². The number of nitrogens with zero attached hydrogens (tertiary/aromatic N) is 3. The Labute approximate surface area is 141 Å². The van der Waals surface area contributed by atoms with E-state index < -0.39 is 4.92 Å². The fourth-order valence-corrected chi connectivity index (χ4v) is 2.47. The molecule has 0 spiro atoms. The summed E-state index contributed by atoms with van der Waals surface area (Å²) < 4.78 is 2.78. The van der Waals surface area contributed by atoms with Crippen molar-refractivity contribution in [2.45, 2.75) is 20.0 Å². The van der Waals surface area contributed by atoms with Crippen molar-refractivity contribution in [3.05, 3.63) is 50.7 Å². The lowest BCUT2D eigenvalue weighted by Gasteiger charge is -2.11. The summed E-state index contributed by atoms with van der Waals surface area (Å²) in [5.41, 5.74) is 1.72. The van der Waals surface area contributed by atoms with Crippen molar-refractivity contribution in [1.29, 1.82) is 0 Å².